The summed E-state index contributed by atoms with van der Waals surface area (Å²) >= 11 is 0. The third kappa shape index (κ3) is 4.29. The molecule has 0 aliphatic carbocycles. The van der Waals surface area contributed by atoms with Crippen LogP contribution in [0.2, 0.25) is 0 Å². The normalized spacial score (nSPS) is 20.7. The number of ether oxygens (including phenoxy) is 1. The average Bonchev–Trinajstić information content (AvgIpc) is 2.91. The lowest BCUT2D eigenvalue weighted by atomic mass is 9.98. The van der Waals surface area contributed by atoms with Crippen molar-refractivity contribution in [3.05, 3.63) is 35.9 Å². The minimum Gasteiger partial charge on any atom is -0.469 e. The van der Waals surface area contributed by atoms with Crippen LogP contribution >= 0.6 is 0 Å². The second-order valence-electron chi connectivity index (χ2n) is 6.04. The average molecular weight is 290 g/mol. The molecule has 0 N–H and O–H groups in total. The highest BCUT2D eigenvalue weighted by atomic mass is 16.5. The van der Waals surface area contributed by atoms with E-state index in [-0.39, 0.29) is 11.9 Å². The van der Waals surface area contributed by atoms with Crippen molar-refractivity contribution in [2.75, 3.05) is 40.8 Å². The zero-order valence-electron chi connectivity index (χ0n) is 13.3. The van der Waals surface area contributed by atoms with Crippen molar-refractivity contribution in [1.29, 1.82) is 0 Å². The van der Waals surface area contributed by atoms with Crippen LogP contribution in [0.3, 0.4) is 0 Å². The quantitative estimate of drug-likeness (QED) is 0.750. The monoisotopic (exact) mass is 290 g/mol. The maximum atomic E-state index is 12.2. The molecule has 1 saturated heterocycles. The van der Waals surface area contributed by atoms with Crippen LogP contribution < -0.4 is 0 Å². The van der Waals surface area contributed by atoms with Gasteiger partial charge < -0.3 is 9.64 Å². The van der Waals surface area contributed by atoms with E-state index in [1.807, 2.05) is 30.3 Å². The maximum absolute atomic E-state index is 12.2. The van der Waals surface area contributed by atoms with E-state index in [4.69, 9.17) is 4.74 Å². The van der Waals surface area contributed by atoms with Crippen LogP contribution in [0, 0.1) is 0 Å². The van der Waals surface area contributed by atoms with Crippen molar-refractivity contribution in [3.63, 3.8) is 0 Å². The molecule has 0 bridgehead atoms. The first-order valence-electron chi connectivity index (χ1n) is 7.63. The SMILES string of the molecule is COC(=O)C(CN1CCCC1CN(C)C)c1ccccc1. The first kappa shape index (κ1) is 16.0. The Balaban J connectivity index is 2.10. The molecule has 4 heteroatoms. The van der Waals surface area contributed by atoms with E-state index in [1.54, 1.807) is 0 Å². The predicted octanol–water partition coefficient (Wildman–Crippen LogP) is 1.97. The smallest absolute Gasteiger partial charge is 0.314 e. The number of rotatable bonds is 6. The molecule has 116 valence electrons. The molecule has 1 aliphatic heterocycles. The van der Waals surface area contributed by atoms with Crippen molar-refractivity contribution in [1.82, 2.24) is 9.80 Å². The summed E-state index contributed by atoms with van der Waals surface area (Å²) in [4.78, 5) is 16.8. The molecule has 1 aromatic carbocycles. The molecule has 2 rings (SSSR count). The van der Waals surface area contributed by atoms with Gasteiger partial charge in [-0.2, -0.15) is 0 Å². The highest BCUT2D eigenvalue weighted by Gasteiger charge is 2.31. The molecule has 1 heterocycles. The minimum atomic E-state index is -0.195. The molecule has 2 atom stereocenters. The van der Waals surface area contributed by atoms with Crippen molar-refractivity contribution >= 4 is 5.97 Å². The lowest BCUT2D eigenvalue weighted by Gasteiger charge is -2.29. The number of carbonyl (C=O) groups excluding carboxylic acids is 1. The molecule has 0 saturated carbocycles. The maximum Gasteiger partial charge on any atom is 0.314 e. The van der Waals surface area contributed by atoms with Gasteiger partial charge in [-0.05, 0) is 39.0 Å². The number of likely N-dealkylation sites (tertiary alicyclic amines) is 1. The topological polar surface area (TPSA) is 32.8 Å². The zero-order valence-corrected chi connectivity index (χ0v) is 13.3. The van der Waals surface area contributed by atoms with Crippen molar-refractivity contribution in [3.8, 4) is 0 Å². The Labute approximate surface area is 127 Å². The molecule has 1 fully saturated rings. The van der Waals surface area contributed by atoms with Crippen LogP contribution in [-0.4, -0.2) is 62.7 Å². The van der Waals surface area contributed by atoms with Gasteiger partial charge in [0.2, 0.25) is 0 Å². The van der Waals surface area contributed by atoms with Crippen LogP contribution in [0.5, 0.6) is 0 Å². The number of benzene rings is 1. The summed E-state index contributed by atoms with van der Waals surface area (Å²) in [7, 11) is 5.68. The molecule has 1 aromatic rings. The summed E-state index contributed by atoms with van der Waals surface area (Å²) in [5.74, 6) is -0.337. The van der Waals surface area contributed by atoms with Gasteiger partial charge in [-0.15, -0.1) is 0 Å². The van der Waals surface area contributed by atoms with Crippen LogP contribution in [0.1, 0.15) is 24.3 Å². The summed E-state index contributed by atoms with van der Waals surface area (Å²) in [6.45, 7) is 2.86. The summed E-state index contributed by atoms with van der Waals surface area (Å²) in [6.07, 6.45) is 2.42. The van der Waals surface area contributed by atoms with Crippen molar-refractivity contribution in [2.24, 2.45) is 0 Å². The standard InChI is InChI=1S/C17H26N2O2/c1-18(2)12-15-10-7-11-19(15)13-16(17(20)21-3)14-8-5-4-6-9-14/h4-6,8-9,15-16H,7,10-13H2,1-3H3. The minimum absolute atomic E-state index is 0.142. The molecule has 1 aliphatic rings. The molecule has 0 aromatic heterocycles. The fourth-order valence-corrected chi connectivity index (χ4v) is 3.14. The third-order valence-electron chi connectivity index (χ3n) is 4.18. The van der Waals surface area contributed by atoms with E-state index in [0.29, 0.717) is 6.04 Å². The molecule has 2 unspecified atom stereocenters. The molecule has 0 spiro atoms. The van der Waals surface area contributed by atoms with Gasteiger partial charge >= 0.3 is 5.97 Å². The zero-order chi connectivity index (χ0) is 15.2. The summed E-state index contributed by atoms with van der Waals surface area (Å²) in [6, 6.07) is 10.5. The van der Waals surface area contributed by atoms with Crippen LogP contribution in [0.4, 0.5) is 0 Å². The molecule has 0 amide bonds. The van der Waals surface area contributed by atoms with Gasteiger partial charge in [0.25, 0.3) is 0 Å². The van der Waals surface area contributed by atoms with Crippen LogP contribution in [0.25, 0.3) is 0 Å². The number of esters is 1. The van der Waals surface area contributed by atoms with Gasteiger partial charge in [-0.1, -0.05) is 30.3 Å². The molecule has 21 heavy (non-hydrogen) atoms. The van der Waals surface area contributed by atoms with Crippen LogP contribution in [0.15, 0.2) is 30.3 Å². The fraction of sp³-hybridized carbons (Fsp3) is 0.588. The Kier molecular flexibility index (Phi) is 5.76. The van der Waals surface area contributed by atoms with E-state index >= 15 is 0 Å². The first-order valence-corrected chi connectivity index (χ1v) is 7.63. The lowest BCUT2D eigenvalue weighted by Crippen LogP contribution is -2.41. The first-order chi connectivity index (χ1) is 10.1. The number of methoxy groups -OCH3 is 1. The molecule has 4 nitrogen and oxygen atoms in total. The molecular weight excluding hydrogens is 264 g/mol. The van der Waals surface area contributed by atoms with Crippen molar-refractivity contribution in [2.45, 2.75) is 24.8 Å². The third-order valence-corrected chi connectivity index (χ3v) is 4.18. The Morgan fingerprint density at radius 2 is 2.10 bits per heavy atom. The van der Waals surface area contributed by atoms with Gasteiger partial charge in [-0.25, -0.2) is 0 Å². The lowest BCUT2D eigenvalue weighted by molar-refractivity contribution is -0.143. The Bertz CT molecular complexity index is 447. The van der Waals surface area contributed by atoms with Gasteiger partial charge in [0.05, 0.1) is 13.0 Å². The predicted molar refractivity (Wildman–Crippen MR) is 84.3 cm³/mol. The van der Waals surface area contributed by atoms with E-state index in [1.165, 1.54) is 20.0 Å². The Hall–Kier alpha value is -1.39. The highest BCUT2D eigenvalue weighted by Crippen LogP contribution is 2.24. The number of hydrogen-bond donors (Lipinski definition) is 0. The highest BCUT2D eigenvalue weighted by molar-refractivity contribution is 5.78. The van der Waals surface area contributed by atoms with Gasteiger partial charge in [0.15, 0.2) is 0 Å². The Morgan fingerprint density at radius 1 is 1.38 bits per heavy atom. The largest absolute Gasteiger partial charge is 0.469 e. The van der Waals surface area contributed by atoms with E-state index in [0.717, 1.165) is 25.2 Å². The van der Waals surface area contributed by atoms with Gasteiger partial charge in [0, 0.05) is 19.1 Å². The van der Waals surface area contributed by atoms with E-state index in [9.17, 15) is 4.79 Å². The summed E-state index contributed by atoms with van der Waals surface area (Å²) in [5, 5.41) is 0. The van der Waals surface area contributed by atoms with Gasteiger partial charge in [-0.3, -0.25) is 9.69 Å². The van der Waals surface area contributed by atoms with Crippen molar-refractivity contribution < 1.29 is 9.53 Å². The van der Waals surface area contributed by atoms with Gasteiger partial charge in [0.1, 0.15) is 0 Å². The van der Waals surface area contributed by atoms with E-state index < -0.39 is 0 Å². The summed E-state index contributed by atoms with van der Waals surface area (Å²) < 4.78 is 5.02. The van der Waals surface area contributed by atoms with Crippen LogP contribution in [-0.2, 0) is 9.53 Å². The summed E-state index contributed by atoms with van der Waals surface area (Å²) in [5.41, 5.74) is 1.04. The second kappa shape index (κ2) is 7.57. The number of likely N-dealkylation sites (N-methyl/N-ethyl adjacent to an activating group) is 1. The van der Waals surface area contributed by atoms with E-state index in [2.05, 4.69) is 23.9 Å². The molecule has 0 radical (unpaired) electrons. The Morgan fingerprint density at radius 3 is 2.71 bits per heavy atom. The second-order valence-corrected chi connectivity index (χ2v) is 6.04. The number of carbonyl (C=O) groups is 1. The molecular formula is C17H26N2O2. The number of nitrogens with zero attached hydrogens (tertiary/aromatic N) is 2. The number of hydrogen-bond acceptors (Lipinski definition) is 4. The fourth-order valence-electron chi connectivity index (χ4n) is 3.14.